The lowest BCUT2D eigenvalue weighted by atomic mass is 10.3. The Morgan fingerprint density at radius 1 is 1.59 bits per heavy atom. The van der Waals surface area contributed by atoms with Crippen LogP contribution in [0.2, 0.25) is 0 Å². The van der Waals surface area contributed by atoms with E-state index in [1.807, 2.05) is 17.5 Å². The zero-order chi connectivity index (χ0) is 12.7. The Hall–Kier alpha value is -1.60. The van der Waals surface area contributed by atoms with Gasteiger partial charge in [-0.15, -0.1) is 11.3 Å². The summed E-state index contributed by atoms with van der Waals surface area (Å²) in [4.78, 5) is 28.6. The Balaban J connectivity index is 2.20. The van der Waals surface area contributed by atoms with E-state index in [4.69, 9.17) is 5.11 Å². The highest BCUT2D eigenvalue weighted by Gasteiger charge is 2.09. The number of hydrogen-bond donors (Lipinski definition) is 2. The van der Waals surface area contributed by atoms with Crippen LogP contribution in [-0.4, -0.2) is 42.2 Å². The fraction of sp³-hybridized carbons (Fsp3) is 0.400. The van der Waals surface area contributed by atoms with Crippen molar-refractivity contribution in [1.29, 1.82) is 0 Å². The normalized spacial score (nSPS) is 9.94. The third kappa shape index (κ3) is 5.32. The van der Waals surface area contributed by atoms with Crippen molar-refractivity contribution in [3.63, 3.8) is 0 Å². The number of rotatable bonds is 6. The van der Waals surface area contributed by atoms with Gasteiger partial charge in [0.05, 0.1) is 0 Å². The van der Waals surface area contributed by atoms with Gasteiger partial charge < -0.3 is 10.0 Å². The summed E-state index contributed by atoms with van der Waals surface area (Å²) < 4.78 is 0. The molecule has 0 aliphatic carbocycles. The number of carboxylic acid groups (broad SMARTS) is 1. The van der Waals surface area contributed by atoms with E-state index in [2.05, 4.69) is 10.3 Å². The molecule has 0 unspecified atom stereocenters. The number of carbonyl (C=O) groups is 2. The number of nitrogens with zero attached hydrogens (tertiary/aromatic N) is 1. The molecule has 1 aromatic rings. The van der Waals surface area contributed by atoms with Crippen LogP contribution in [0, 0.1) is 0 Å². The minimum Gasteiger partial charge on any atom is -0.479 e. The summed E-state index contributed by atoms with van der Waals surface area (Å²) in [5.41, 5.74) is 2.05. The molecule has 0 aromatic carbocycles. The Bertz CT molecular complexity index is 366. The molecular formula is C10H14N2O4S. The molecule has 2 amide bonds. The van der Waals surface area contributed by atoms with Crippen LogP contribution in [0.15, 0.2) is 17.5 Å². The Morgan fingerprint density at radius 3 is 2.94 bits per heavy atom. The van der Waals surface area contributed by atoms with Crippen molar-refractivity contribution in [2.24, 2.45) is 0 Å². The molecule has 6 nitrogen and oxygen atoms in total. The smallest absolute Gasteiger partial charge is 0.341 e. The van der Waals surface area contributed by atoms with E-state index < -0.39 is 18.6 Å². The summed E-state index contributed by atoms with van der Waals surface area (Å²) in [5.74, 6) is -1.13. The summed E-state index contributed by atoms with van der Waals surface area (Å²) >= 11 is 1.63. The summed E-state index contributed by atoms with van der Waals surface area (Å²) in [6.07, 6.45) is 0.764. The maximum atomic E-state index is 11.4. The number of urea groups is 1. The Kier molecular flexibility index (Phi) is 5.44. The van der Waals surface area contributed by atoms with Gasteiger partial charge in [-0.3, -0.25) is 4.84 Å². The molecular weight excluding hydrogens is 244 g/mol. The molecule has 1 heterocycles. The minimum absolute atomic E-state index is 0.456. The number of hydroxylamine groups is 1. The predicted octanol–water partition coefficient (Wildman–Crippen LogP) is 0.948. The molecule has 94 valence electrons. The van der Waals surface area contributed by atoms with E-state index in [0.717, 1.165) is 6.42 Å². The topological polar surface area (TPSA) is 78.9 Å². The molecule has 1 rings (SSSR count). The molecule has 7 heteroatoms. The fourth-order valence-electron chi connectivity index (χ4n) is 1.07. The van der Waals surface area contributed by atoms with E-state index >= 15 is 0 Å². The third-order valence-electron chi connectivity index (χ3n) is 1.98. The highest BCUT2D eigenvalue weighted by molar-refractivity contribution is 7.09. The first-order chi connectivity index (χ1) is 8.09. The van der Waals surface area contributed by atoms with Gasteiger partial charge in [0.25, 0.3) is 0 Å². The number of amides is 2. The van der Waals surface area contributed by atoms with Crippen LogP contribution in [0.5, 0.6) is 0 Å². The molecule has 2 N–H and O–H groups in total. The van der Waals surface area contributed by atoms with E-state index in [0.29, 0.717) is 6.54 Å². The van der Waals surface area contributed by atoms with E-state index in [-0.39, 0.29) is 0 Å². The van der Waals surface area contributed by atoms with Gasteiger partial charge in [-0.25, -0.2) is 15.1 Å². The quantitative estimate of drug-likeness (QED) is 0.744. The standard InChI is InChI=1S/C10H14N2O4S/c1-12(5-4-8-3-2-6-17-8)10(15)11-16-7-9(13)14/h2-3,6H,4-5,7H2,1H3,(H,11,15)(H,13,14). The number of carbonyl (C=O) groups excluding carboxylic acids is 1. The summed E-state index contributed by atoms with van der Waals surface area (Å²) in [7, 11) is 1.62. The number of hydrogen-bond acceptors (Lipinski definition) is 4. The first-order valence-electron chi connectivity index (χ1n) is 4.96. The van der Waals surface area contributed by atoms with Gasteiger partial charge in [0.1, 0.15) is 0 Å². The zero-order valence-corrected chi connectivity index (χ0v) is 10.2. The lowest BCUT2D eigenvalue weighted by molar-refractivity contribution is -0.144. The van der Waals surface area contributed by atoms with Crippen molar-refractivity contribution in [3.8, 4) is 0 Å². The van der Waals surface area contributed by atoms with Crippen molar-refractivity contribution in [1.82, 2.24) is 10.4 Å². The Labute approximate surface area is 103 Å². The van der Waals surface area contributed by atoms with E-state index in [1.54, 1.807) is 18.4 Å². The van der Waals surface area contributed by atoms with Gasteiger partial charge in [0.15, 0.2) is 6.61 Å². The summed E-state index contributed by atoms with van der Waals surface area (Å²) in [5, 5.41) is 10.3. The van der Waals surface area contributed by atoms with E-state index in [1.165, 1.54) is 9.78 Å². The molecule has 0 aliphatic rings. The SMILES string of the molecule is CN(CCc1cccs1)C(=O)NOCC(=O)O. The number of thiophene rings is 1. The molecule has 0 atom stereocenters. The molecule has 0 bridgehead atoms. The maximum Gasteiger partial charge on any atom is 0.341 e. The third-order valence-corrected chi connectivity index (χ3v) is 2.91. The van der Waals surface area contributed by atoms with Crippen LogP contribution in [-0.2, 0) is 16.1 Å². The Morgan fingerprint density at radius 2 is 2.35 bits per heavy atom. The van der Waals surface area contributed by atoms with E-state index in [9.17, 15) is 9.59 Å². The second-order valence-corrected chi connectivity index (χ2v) is 4.37. The van der Waals surface area contributed by atoms with Gasteiger partial charge >= 0.3 is 12.0 Å². The van der Waals surface area contributed by atoms with Gasteiger partial charge in [-0.1, -0.05) is 6.07 Å². The van der Waals surface area contributed by atoms with Gasteiger partial charge in [-0.05, 0) is 17.9 Å². The molecule has 1 aromatic heterocycles. The highest BCUT2D eigenvalue weighted by Crippen LogP contribution is 2.09. The summed E-state index contributed by atoms with van der Waals surface area (Å²) in [6, 6.07) is 3.50. The first kappa shape index (κ1) is 13.5. The second kappa shape index (κ2) is 6.87. The van der Waals surface area contributed by atoms with Crippen LogP contribution in [0.4, 0.5) is 4.79 Å². The lowest BCUT2D eigenvalue weighted by Crippen LogP contribution is -2.39. The maximum absolute atomic E-state index is 11.4. The fourth-order valence-corrected chi connectivity index (χ4v) is 1.77. The van der Waals surface area contributed by atoms with Crippen molar-refractivity contribution in [2.75, 3.05) is 20.2 Å². The molecule has 0 spiro atoms. The van der Waals surface area contributed by atoms with Crippen LogP contribution >= 0.6 is 11.3 Å². The summed E-state index contributed by atoms with van der Waals surface area (Å²) in [6.45, 7) is -0.00666. The largest absolute Gasteiger partial charge is 0.479 e. The average molecular weight is 258 g/mol. The van der Waals surface area contributed by atoms with Gasteiger partial charge in [0, 0.05) is 18.5 Å². The van der Waals surface area contributed by atoms with Crippen LogP contribution in [0.25, 0.3) is 0 Å². The second-order valence-electron chi connectivity index (χ2n) is 3.34. The first-order valence-corrected chi connectivity index (χ1v) is 5.84. The molecule has 0 aliphatic heterocycles. The number of nitrogens with one attached hydrogen (secondary N) is 1. The monoisotopic (exact) mass is 258 g/mol. The lowest BCUT2D eigenvalue weighted by Gasteiger charge is -2.16. The molecule has 0 saturated carbocycles. The predicted molar refractivity (Wildman–Crippen MR) is 62.8 cm³/mol. The number of likely N-dealkylation sites (N-methyl/N-ethyl adjacent to an activating group) is 1. The molecule has 0 radical (unpaired) electrons. The zero-order valence-electron chi connectivity index (χ0n) is 9.38. The van der Waals surface area contributed by atoms with Crippen LogP contribution in [0.3, 0.4) is 0 Å². The number of carboxylic acids is 1. The van der Waals surface area contributed by atoms with Crippen LogP contribution < -0.4 is 5.48 Å². The van der Waals surface area contributed by atoms with Gasteiger partial charge in [-0.2, -0.15) is 0 Å². The van der Waals surface area contributed by atoms with Crippen molar-refractivity contribution < 1.29 is 19.5 Å². The highest BCUT2D eigenvalue weighted by atomic mass is 32.1. The molecule has 0 fully saturated rings. The molecule has 0 saturated heterocycles. The minimum atomic E-state index is -1.13. The van der Waals surface area contributed by atoms with Crippen molar-refractivity contribution in [2.45, 2.75) is 6.42 Å². The van der Waals surface area contributed by atoms with Crippen molar-refractivity contribution >= 4 is 23.3 Å². The van der Waals surface area contributed by atoms with Crippen molar-refractivity contribution in [3.05, 3.63) is 22.4 Å². The average Bonchev–Trinajstić information content (AvgIpc) is 2.78. The van der Waals surface area contributed by atoms with Crippen LogP contribution in [0.1, 0.15) is 4.88 Å². The number of aliphatic carboxylic acids is 1. The van der Waals surface area contributed by atoms with Gasteiger partial charge in [0.2, 0.25) is 0 Å². The molecule has 17 heavy (non-hydrogen) atoms.